The summed E-state index contributed by atoms with van der Waals surface area (Å²) in [6.45, 7) is 4.94. The average molecular weight is 403 g/mol. The number of carbonyl (C=O) groups is 1. The third-order valence-corrected chi connectivity index (χ3v) is 5.34. The van der Waals surface area contributed by atoms with E-state index in [0.717, 1.165) is 18.7 Å². The van der Waals surface area contributed by atoms with Crippen LogP contribution in [0.1, 0.15) is 28.9 Å². The molecule has 28 heavy (non-hydrogen) atoms. The molecule has 0 aliphatic carbocycles. The summed E-state index contributed by atoms with van der Waals surface area (Å²) < 4.78 is 0. The molecule has 1 aliphatic rings. The second kappa shape index (κ2) is 8.58. The molecular formula is C20H23ClN4O3. The first-order valence-electron chi connectivity index (χ1n) is 9.14. The summed E-state index contributed by atoms with van der Waals surface area (Å²) in [5.41, 5.74) is 1.54. The van der Waals surface area contributed by atoms with Gasteiger partial charge in [-0.15, -0.1) is 0 Å². The minimum atomic E-state index is -0.429. The zero-order valence-corrected chi connectivity index (χ0v) is 16.6. The van der Waals surface area contributed by atoms with Crippen LogP contribution in [-0.2, 0) is 0 Å². The van der Waals surface area contributed by atoms with Crippen molar-refractivity contribution in [2.45, 2.75) is 13.0 Å². The molecule has 1 aliphatic heterocycles. The molecule has 7 nitrogen and oxygen atoms in total. The maximum atomic E-state index is 12.6. The van der Waals surface area contributed by atoms with Gasteiger partial charge in [0.15, 0.2) is 0 Å². The van der Waals surface area contributed by atoms with E-state index in [9.17, 15) is 14.9 Å². The van der Waals surface area contributed by atoms with Gasteiger partial charge < -0.3 is 15.1 Å². The quantitative estimate of drug-likeness (QED) is 0.611. The molecule has 1 fully saturated rings. The van der Waals surface area contributed by atoms with Crippen molar-refractivity contribution in [3.63, 3.8) is 0 Å². The van der Waals surface area contributed by atoms with Gasteiger partial charge in [-0.05, 0) is 37.7 Å². The number of hydrogen-bond acceptors (Lipinski definition) is 5. The van der Waals surface area contributed by atoms with Crippen LogP contribution in [0.25, 0.3) is 0 Å². The molecule has 3 rings (SSSR count). The Morgan fingerprint density at radius 1 is 1.18 bits per heavy atom. The van der Waals surface area contributed by atoms with Crippen molar-refractivity contribution in [2.75, 3.05) is 38.1 Å². The summed E-state index contributed by atoms with van der Waals surface area (Å²) >= 11 is 6.18. The van der Waals surface area contributed by atoms with Crippen LogP contribution in [0.2, 0.25) is 5.02 Å². The second-order valence-corrected chi connectivity index (χ2v) is 7.37. The number of nitrogens with one attached hydrogen (secondary N) is 1. The van der Waals surface area contributed by atoms with Crippen LogP contribution in [0.15, 0.2) is 42.5 Å². The van der Waals surface area contributed by atoms with Gasteiger partial charge in [0.2, 0.25) is 0 Å². The van der Waals surface area contributed by atoms with E-state index in [2.05, 4.69) is 10.2 Å². The average Bonchev–Trinajstić information content (AvgIpc) is 2.68. The lowest BCUT2D eigenvalue weighted by atomic mass is 10.1. The fourth-order valence-electron chi connectivity index (χ4n) is 3.31. The Morgan fingerprint density at radius 3 is 2.50 bits per heavy atom. The van der Waals surface area contributed by atoms with Crippen LogP contribution < -0.4 is 10.2 Å². The minimum absolute atomic E-state index is 0.0531. The number of rotatable bonds is 5. The Hall–Kier alpha value is -2.64. The van der Waals surface area contributed by atoms with Gasteiger partial charge in [-0.1, -0.05) is 29.8 Å². The maximum absolute atomic E-state index is 12.6. The SMILES string of the molecule is C[C@H](NC(=O)c1ccc(N2CCN(C)CC2)c([N+](=O)[O-])c1)c1ccccc1Cl. The molecular weight excluding hydrogens is 380 g/mol. The molecule has 8 heteroatoms. The Labute approximate surface area is 169 Å². The number of piperazine rings is 1. The van der Waals surface area contributed by atoms with Gasteiger partial charge in [-0.3, -0.25) is 14.9 Å². The van der Waals surface area contributed by atoms with Crippen molar-refractivity contribution < 1.29 is 9.72 Å². The van der Waals surface area contributed by atoms with Crippen molar-refractivity contribution in [1.82, 2.24) is 10.2 Å². The predicted octanol–water partition coefficient (Wildman–Crippen LogP) is 3.49. The summed E-state index contributed by atoms with van der Waals surface area (Å²) in [6.07, 6.45) is 0. The highest BCUT2D eigenvalue weighted by Gasteiger charge is 2.24. The highest BCUT2D eigenvalue weighted by molar-refractivity contribution is 6.31. The van der Waals surface area contributed by atoms with E-state index < -0.39 is 4.92 Å². The van der Waals surface area contributed by atoms with Crippen LogP contribution in [0, 0.1) is 10.1 Å². The zero-order chi connectivity index (χ0) is 20.3. The minimum Gasteiger partial charge on any atom is -0.363 e. The maximum Gasteiger partial charge on any atom is 0.293 e. The number of likely N-dealkylation sites (N-methyl/N-ethyl adjacent to an activating group) is 1. The van der Waals surface area contributed by atoms with Crippen LogP contribution in [0.3, 0.4) is 0 Å². The van der Waals surface area contributed by atoms with E-state index in [1.807, 2.05) is 37.1 Å². The number of benzene rings is 2. The molecule has 1 atom stereocenters. The van der Waals surface area contributed by atoms with Crippen molar-refractivity contribution in [1.29, 1.82) is 0 Å². The van der Waals surface area contributed by atoms with Crippen molar-refractivity contribution >= 4 is 28.9 Å². The molecule has 1 saturated heterocycles. The molecule has 2 aromatic carbocycles. The number of nitro benzene ring substituents is 1. The molecule has 0 unspecified atom stereocenters. The van der Waals surface area contributed by atoms with Crippen LogP contribution >= 0.6 is 11.6 Å². The van der Waals surface area contributed by atoms with Crippen LogP contribution in [0.5, 0.6) is 0 Å². The van der Waals surface area contributed by atoms with Crippen molar-refractivity contribution in [3.05, 3.63) is 68.7 Å². The second-order valence-electron chi connectivity index (χ2n) is 6.97. The number of amides is 1. The molecule has 0 radical (unpaired) electrons. The largest absolute Gasteiger partial charge is 0.363 e. The van der Waals surface area contributed by atoms with E-state index in [-0.39, 0.29) is 23.2 Å². The third-order valence-electron chi connectivity index (χ3n) is 5.00. The standard InChI is InChI=1S/C20H23ClN4O3/c1-14(16-5-3-4-6-17(16)21)22-20(26)15-7-8-18(19(13-15)25(27)28)24-11-9-23(2)10-12-24/h3-8,13-14H,9-12H2,1-2H3,(H,22,26)/t14-/m0/s1. The fourth-order valence-corrected chi connectivity index (χ4v) is 3.61. The van der Waals surface area contributed by atoms with Gasteiger partial charge in [0.05, 0.1) is 11.0 Å². The first kappa shape index (κ1) is 20.1. The van der Waals surface area contributed by atoms with Gasteiger partial charge in [0.1, 0.15) is 5.69 Å². The summed E-state index contributed by atoms with van der Waals surface area (Å²) in [5, 5.41) is 15.0. The zero-order valence-electron chi connectivity index (χ0n) is 15.9. The summed E-state index contributed by atoms with van der Waals surface area (Å²) in [5.74, 6) is -0.375. The molecule has 2 aromatic rings. The van der Waals surface area contributed by atoms with Crippen LogP contribution in [-0.4, -0.2) is 49.0 Å². The molecule has 0 bridgehead atoms. The fraction of sp³-hybridized carbons (Fsp3) is 0.350. The number of carbonyl (C=O) groups excluding carboxylic acids is 1. The lowest BCUT2D eigenvalue weighted by Crippen LogP contribution is -2.44. The van der Waals surface area contributed by atoms with E-state index >= 15 is 0 Å². The number of nitro groups is 1. The van der Waals surface area contributed by atoms with E-state index in [1.165, 1.54) is 6.07 Å². The van der Waals surface area contributed by atoms with Gasteiger partial charge in [0, 0.05) is 42.8 Å². The first-order valence-corrected chi connectivity index (χ1v) is 9.52. The molecule has 148 valence electrons. The summed E-state index contributed by atoms with van der Waals surface area (Å²) in [7, 11) is 2.03. The summed E-state index contributed by atoms with van der Waals surface area (Å²) in [4.78, 5) is 28.0. The van der Waals surface area contributed by atoms with Crippen molar-refractivity contribution in [2.24, 2.45) is 0 Å². The normalized spacial score (nSPS) is 15.9. The summed E-state index contributed by atoms with van der Waals surface area (Å²) in [6, 6.07) is 11.6. The number of hydrogen-bond donors (Lipinski definition) is 1. The third kappa shape index (κ3) is 4.43. The Balaban J connectivity index is 1.80. The number of anilines is 1. The van der Waals surface area contributed by atoms with E-state index in [4.69, 9.17) is 11.6 Å². The topological polar surface area (TPSA) is 78.7 Å². The molecule has 0 saturated carbocycles. The highest BCUT2D eigenvalue weighted by atomic mass is 35.5. The van der Waals surface area contributed by atoms with Gasteiger partial charge in [-0.2, -0.15) is 0 Å². The molecule has 1 amide bonds. The smallest absolute Gasteiger partial charge is 0.293 e. The Bertz CT molecular complexity index is 882. The van der Waals surface area contributed by atoms with Crippen LogP contribution in [0.4, 0.5) is 11.4 Å². The monoisotopic (exact) mass is 402 g/mol. The van der Waals surface area contributed by atoms with Gasteiger partial charge >= 0.3 is 0 Å². The molecule has 1 heterocycles. The number of halogens is 1. The Kier molecular flexibility index (Phi) is 6.16. The van der Waals surface area contributed by atoms with Crippen molar-refractivity contribution in [3.8, 4) is 0 Å². The number of nitrogens with zero attached hydrogens (tertiary/aromatic N) is 3. The first-order chi connectivity index (χ1) is 13.4. The highest BCUT2D eigenvalue weighted by Crippen LogP contribution is 2.30. The lowest BCUT2D eigenvalue weighted by molar-refractivity contribution is -0.384. The molecule has 0 spiro atoms. The Morgan fingerprint density at radius 2 is 1.86 bits per heavy atom. The van der Waals surface area contributed by atoms with Gasteiger partial charge in [0.25, 0.3) is 11.6 Å². The molecule has 0 aromatic heterocycles. The predicted molar refractivity (Wildman–Crippen MR) is 110 cm³/mol. The van der Waals surface area contributed by atoms with E-state index in [1.54, 1.807) is 18.2 Å². The lowest BCUT2D eigenvalue weighted by Gasteiger charge is -2.33. The van der Waals surface area contributed by atoms with E-state index in [0.29, 0.717) is 23.8 Å². The van der Waals surface area contributed by atoms with Gasteiger partial charge in [-0.25, -0.2) is 0 Å². The molecule has 1 N–H and O–H groups in total.